The smallest absolute Gasteiger partial charge is 0.348 e. The Labute approximate surface area is 106 Å². The first-order chi connectivity index (χ1) is 8.63. The lowest BCUT2D eigenvalue weighted by atomic mass is 10.1. The molecule has 4 nitrogen and oxygen atoms in total. The molecule has 1 atom stereocenters. The van der Waals surface area contributed by atoms with Gasteiger partial charge in [-0.05, 0) is 5.56 Å². The monoisotopic (exact) mass is 248 g/mol. The third kappa shape index (κ3) is 4.82. The molecule has 0 saturated carbocycles. The molecule has 0 saturated heterocycles. The first kappa shape index (κ1) is 14.0. The maximum Gasteiger partial charge on any atom is 0.348 e. The molecule has 0 N–H and O–H groups in total. The van der Waals surface area contributed by atoms with Gasteiger partial charge in [-0.1, -0.05) is 43.0 Å². The third-order valence-electron chi connectivity index (χ3n) is 2.18. The maximum absolute atomic E-state index is 11.7. The molecule has 0 radical (unpaired) electrons. The van der Waals surface area contributed by atoms with Gasteiger partial charge in [0.15, 0.2) is 0 Å². The van der Waals surface area contributed by atoms with Crippen LogP contribution in [0.4, 0.5) is 0 Å². The van der Waals surface area contributed by atoms with Crippen LogP contribution in [0.3, 0.4) is 0 Å². The summed E-state index contributed by atoms with van der Waals surface area (Å²) in [7, 11) is 0. The largest absolute Gasteiger partial charge is 0.459 e. The predicted molar refractivity (Wildman–Crippen MR) is 66.9 cm³/mol. The summed E-state index contributed by atoms with van der Waals surface area (Å²) in [5.74, 6) is -1.07. The number of carbonyl (C=O) groups is 2. The van der Waals surface area contributed by atoms with Gasteiger partial charge in [0.1, 0.15) is 6.61 Å². The van der Waals surface area contributed by atoms with Crippen molar-refractivity contribution in [2.45, 2.75) is 19.4 Å². The lowest BCUT2D eigenvalue weighted by Crippen LogP contribution is -2.30. The quantitative estimate of drug-likeness (QED) is 0.570. The first-order valence-electron chi connectivity index (χ1n) is 5.62. The molecule has 0 heterocycles. The molecule has 1 unspecified atom stereocenters. The zero-order chi connectivity index (χ0) is 13.4. The van der Waals surface area contributed by atoms with E-state index < -0.39 is 18.0 Å². The van der Waals surface area contributed by atoms with Crippen LogP contribution in [0.15, 0.2) is 43.0 Å². The Morgan fingerprint density at radius 1 is 1.33 bits per heavy atom. The lowest BCUT2D eigenvalue weighted by Gasteiger charge is -2.15. The minimum atomic E-state index is -0.912. The fourth-order valence-electron chi connectivity index (χ4n) is 1.44. The van der Waals surface area contributed by atoms with Gasteiger partial charge in [0.05, 0.1) is 0 Å². The van der Waals surface area contributed by atoms with Gasteiger partial charge in [0, 0.05) is 13.3 Å². The molecule has 96 valence electrons. The van der Waals surface area contributed by atoms with Gasteiger partial charge in [-0.25, -0.2) is 4.79 Å². The summed E-state index contributed by atoms with van der Waals surface area (Å²) in [6.07, 6.45) is 0.853. The van der Waals surface area contributed by atoms with Crippen molar-refractivity contribution >= 4 is 11.9 Å². The molecule has 4 heteroatoms. The lowest BCUT2D eigenvalue weighted by molar-refractivity contribution is -0.165. The molecule has 0 aliphatic carbocycles. The van der Waals surface area contributed by atoms with Gasteiger partial charge < -0.3 is 9.47 Å². The summed E-state index contributed by atoms with van der Waals surface area (Å²) >= 11 is 0. The first-order valence-corrected chi connectivity index (χ1v) is 5.62. The number of rotatable bonds is 6. The van der Waals surface area contributed by atoms with Crippen LogP contribution >= 0.6 is 0 Å². The van der Waals surface area contributed by atoms with E-state index in [9.17, 15) is 9.59 Å². The number of hydrogen-bond acceptors (Lipinski definition) is 4. The second kappa shape index (κ2) is 7.27. The van der Waals surface area contributed by atoms with E-state index in [2.05, 4.69) is 6.58 Å². The minimum absolute atomic E-state index is 0.103. The molecule has 0 fully saturated rings. The zero-order valence-corrected chi connectivity index (χ0v) is 10.3. The summed E-state index contributed by atoms with van der Waals surface area (Å²) in [6.45, 7) is 4.82. The highest BCUT2D eigenvalue weighted by molar-refractivity contribution is 5.79. The molecule has 0 amide bonds. The molecule has 0 aromatic heterocycles. The fraction of sp³-hybridized carbons (Fsp3) is 0.286. The fourth-order valence-corrected chi connectivity index (χ4v) is 1.44. The van der Waals surface area contributed by atoms with Crippen molar-refractivity contribution in [3.05, 3.63) is 48.6 Å². The highest BCUT2D eigenvalue weighted by Crippen LogP contribution is 2.08. The highest BCUT2D eigenvalue weighted by Gasteiger charge is 2.23. The van der Waals surface area contributed by atoms with E-state index >= 15 is 0 Å². The Morgan fingerprint density at radius 3 is 2.56 bits per heavy atom. The van der Waals surface area contributed by atoms with Crippen molar-refractivity contribution < 1.29 is 19.1 Å². The zero-order valence-electron chi connectivity index (χ0n) is 10.3. The van der Waals surface area contributed by atoms with E-state index in [1.807, 2.05) is 30.3 Å². The standard InChI is InChI=1S/C14H16O4/c1-3-9-17-14(16)13(18-11(2)15)10-12-7-5-4-6-8-12/h3-8,13H,1,9-10H2,2H3. The van der Waals surface area contributed by atoms with Gasteiger partial charge in [0.2, 0.25) is 6.10 Å². The number of esters is 2. The Balaban J connectivity index is 2.68. The molecular formula is C14H16O4. The number of benzene rings is 1. The number of carbonyl (C=O) groups excluding carboxylic acids is 2. The van der Waals surface area contributed by atoms with Gasteiger partial charge in [-0.15, -0.1) is 0 Å². The van der Waals surface area contributed by atoms with Crippen molar-refractivity contribution in [2.24, 2.45) is 0 Å². The SMILES string of the molecule is C=CCOC(=O)C(Cc1ccccc1)OC(C)=O. The predicted octanol–water partition coefficient (Wildman–Crippen LogP) is 1.89. The van der Waals surface area contributed by atoms with Crippen molar-refractivity contribution in [3.8, 4) is 0 Å². The van der Waals surface area contributed by atoms with Gasteiger partial charge in [-0.2, -0.15) is 0 Å². The van der Waals surface area contributed by atoms with Gasteiger partial charge in [0.25, 0.3) is 0 Å². The van der Waals surface area contributed by atoms with Gasteiger partial charge >= 0.3 is 11.9 Å². The average molecular weight is 248 g/mol. The molecular weight excluding hydrogens is 232 g/mol. The normalized spacial score (nSPS) is 11.4. The summed E-state index contributed by atoms with van der Waals surface area (Å²) in [4.78, 5) is 22.7. The van der Waals surface area contributed by atoms with Crippen LogP contribution in [-0.4, -0.2) is 24.6 Å². The van der Waals surface area contributed by atoms with Crippen LogP contribution in [0.5, 0.6) is 0 Å². The summed E-state index contributed by atoms with van der Waals surface area (Å²) in [5, 5.41) is 0. The number of ether oxygens (including phenoxy) is 2. The summed E-state index contributed by atoms with van der Waals surface area (Å²) < 4.78 is 9.86. The van der Waals surface area contributed by atoms with Crippen molar-refractivity contribution in [3.63, 3.8) is 0 Å². The van der Waals surface area contributed by atoms with Crippen molar-refractivity contribution in [2.75, 3.05) is 6.61 Å². The van der Waals surface area contributed by atoms with Crippen LogP contribution in [-0.2, 0) is 25.5 Å². The average Bonchev–Trinajstić information content (AvgIpc) is 2.36. The van der Waals surface area contributed by atoms with E-state index in [1.165, 1.54) is 13.0 Å². The Kier molecular flexibility index (Phi) is 5.64. The molecule has 0 bridgehead atoms. The molecule has 0 aliphatic rings. The second-order valence-corrected chi connectivity index (χ2v) is 3.71. The topological polar surface area (TPSA) is 52.6 Å². The van der Waals surface area contributed by atoms with E-state index in [-0.39, 0.29) is 6.61 Å². The Hall–Kier alpha value is -2.10. The molecule has 18 heavy (non-hydrogen) atoms. The number of hydrogen-bond donors (Lipinski definition) is 0. The second-order valence-electron chi connectivity index (χ2n) is 3.71. The molecule has 1 aromatic rings. The van der Waals surface area contributed by atoms with E-state index in [0.717, 1.165) is 5.56 Å². The Morgan fingerprint density at radius 2 is 2.00 bits per heavy atom. The molecule has 0 spiro atoms. The van der Waals surface area contributed by atoms with Crippen molar-refractivity contribution in [1.82, 2.24) is 0 Å². The maximum atomic E-state index is 11.7. The third-order valence-corrected chi connectivity index (χ3v) is 2.18. The van der Waals surface area contributed by atoms with E-state index in [0.29, 0.717) is 6.42 Å². The van der Waals surface area contributed by atoms with Crippen LogP contribution in [0.1, 0.15) is 12.5 Å². The molecule has 1 aromatic carbocycles. The van der Waals surface area contributed by atoms with E-state index in [1.54, 1.807) is 0 Å². The van der Waals surface area contributed by atoms with Gasteiger partial charge in [-0.3, -0.25) is 4.79 Å². The Bertz CT molecular complexity index is 411. The van der Waals surface area contributed by atoms with Crippen LogP contribution in [0.25, 0.3) is 0 Å². The van der Waals surface area contributed by atoms with Crippen LogP contribution < -0.4 is 0 Å². The molecule has 1 rings (SSSR count). The molecule has 0 aliphatic heterocycles. The minimum Gasteiger partial charge on any atom is -0.459 e. The summed E-state index contributed by atoms with van der Waals surface area (Å²) in [6, 6.07) is 9.30. The van der Waals surface area contributed by atoms with Crippen molar-refractivity contribution in [1.29, 1.82) is 0 Å². The van der Waals surface area contributed by atoms with E-state index in [4.69, 9.17) is 9.47 Å². The van der Waals surface area contributed by atoms with Crippen LogP contribution in [0, 0.1) is 0 Å². The highest BCUT2D eigenvalue weighted by atomic mass is 16.6. The summed E-state index contributed by atoms with van der Waals surface area (Å²) in [5.41, 5.74) is 0.902. The van der Waals surface area contributed by atoms with Crippen LogP contribution in [0.2, 0.25) is 0 Å².